The van der Waals surface area contributed by atoms with Gasteiger partial charge in [0, 0.05) is 24.8 Å². The van der Waals surface area contributed by atoms with Crippen LogP contribution in [0.15, 0.2) is 18.2 Å². The Balaban J connectivity index is 2.34. The lowest BCUT2D eigenvalue weighted by Gasteiger charge is -2.26. The summed E-state index contributed by atoms with van der Waals surface area (Å²) in [6, 6.07) is 6.14. The molecule has 4 heteroatoms. The smallest absolute Gasteiger partial charge is 0.253 e. The zero-order valence-corrected chi connectivity index (χ0v) is 11.8. The molecule has 0 atom stereocenters. The van der Waals surface area contributed by atoms with Gasteiger partial charge in [-0.25, -0.2) is 0 Å². The standard InChI is InChI=1S/C15H23N3O/c1-3-9-18(12-6-7-12)14-10-11(16)5-8-13(14)15(19)17-4-2/h5,8,10,12H,3-4,6-7,9,16H2,1-2H3,(H,17,19). The highest BCUT2D eigenvalue weighted by molar-refractivity contribution is 6.00. The summed E-state index contributed by atoms with van der Waals surface area (Å²) in [5.41, 5.74) is 8.33. The van der Waals surface area contributed by atoms with Crippen LogP contribution >= 0.6 is 0 Å². The van der Waals surface area contributed by atoms with Crippen LogP contribution in [0, 0.1) is 0 Å². The van der Waals surface area contributed by atoms with Crippen molar-refractivity contribution in [1.29, 1.82) is 0 Å². The Morgan fingerprint density at radius 1 is 1.42 bits per heavy atom. The van der Waals surface area contributed by atoms with Gasteiger partial charge in [-0.1, -0.05) is 6.92 Å². The van der Waals surface area contributed by atoms with E-state index in [9.17, 15) is 4.79 Å². The van der Waals surface area contributed by atoms with Crippen LogP contribution in [0.3, 0.4) is 0 Å². The molecule has 0 bridgehead atoms. The van der Waals surface area contributed by atoms with E-state index in [0.717, 1.165) is 24.2 Å². The van der Waals surface area contributed by atoms with Gasteiger partial charge in [0.1, 0.15) is 0 Å². The summed E-state index contributed by atoms with van der Waals surface area (Å²) in [6.45, 7) is 5.70. The van der Waals surface area contributed by atoms with Crippen molar-refractivity contribution in [3.8, 4) is 0 Å². The molecule has 1 amide bonds. The lowest BCUT2D eigenvalue weighted by atomic mass is 10.1. The van der Waals surface area contributed by atoms with Gasteiger partial charge in [-0.15, -0.1) is 0 Å². The van der Waals surface area contributed by atoms with Crippen LogP contribution < -0.4 is 16.0 Å². The van der Waals surface area contributed by atoms with Crippen LogP contribution in [0.4, 0.5) is 11.4 Å². The van der Waals surface area contributed by atoms with Crippen molar-refractivity contribution in [2.45, 2.75) is 39.2 Å². The van der Waals surface area contributed by atoms with E-state index in [1.165, 1.54) is 12.8 Å². The maximum atomic E-state index is 12.1. The molecule has 3 N–H and O–H groups in total. The second-order valence-electron chi connectivity index (χ2n) is 5.06. The molecule has 4 nitrogen and oxygen atoms in total. The van der Waals surface area contributed by atoms with Crippen molar-refractivity contribution in [1.82, 2.24) is 5.32 Å². The molecule has 1 aromatic rings. The van der Waals surface area contributed by atoms with Crippen LogP contribution in [-0.2, 0) is 0 Å². The fraction of sp³-hybridized carbons (Fsp3) is 0.533. The first-order valence-corrected chi connectivity index (χ1v) is 7.11. The van der Waals surface area contributed by atoms with Crippen LogP contribution in [0.1, 0.15) is 43.5 Å². The fourth-order valence-electron chi connectivity index (χ4n) is 2.36. The maximum absolute atomic E-state index is 12.1. The predicted octanol–water partition coefficient (Wildman–Crippen LogP) is 2.40. The second kappa shape index (κ2) is 5.95. The third-order valence-electron chi connectivity index (χ3n) is 3.37. The van der Waals surface area contributed by atoms with Crippen LogP contribution in [0.2, 0.25) is 0 Å². The third kappa shape index (κ3) is 3.19. The number of rotatable bonds is 6. The van der Waals surface area contributed by atoms with E-state index < -0.39 is 0 Å². The molecule has 1 aliphatic carbocycles. The normalized spacial score (nSPS) is 14.2. The molecule has 19 heavy (non-hydrogen) atoms. The number of hydrogen-bond donors (Lipinski definition) is 2. The summed E-state index contributed by atoms with van der Waals surface area (Å²) in [7, 11) is 0. The van der Waals surface area contributed by atoms with Crippen molar-refractivity contribution >= 4 is 17.3 Å². The molecule has 0 unspecified atom stereocenters. The molecule has 1 aliphatic rings. The number of anilines is 2. The van der Waals surface area contributed by atoms with E-state index in [4.69, 9.17) is 5.73 Å². The molecule has 104 valence electrons. The van der Waals surface area contributed by atoms with Crippen molar-refractivity contribution in [3.05, 3.63) is 23.8 Å². The van der Waals surface area contributed by atoms with Crippen LogP contribution in [0.25, 0.3) is 0 Å². The van der Waals surface area contributed by atoms with E-state index in [2.05, 4.69) is 17.1 Å². The van der Waals surface area contributed by atoms with E-state index in [1.807, 2.05) is 19.1 Å². The van der Waals surface area contributed by atoms with Gasteiger partial charge in [-0.3, -0.25) is 4.79 Å². The number of nitrogen functional groups attached to an aromatic ring is 1. The molecule has 1 saturated carbocycles. The Morgan fingerprint density at radius 2 is 2.16 bits per heavy atom. The van der Waals surface area contributed by atoms with Gasteiger partial charge in [-0.2, -0.15) is 0 Å². The average molecular weight is 261 g/mol. The SMILES string of the molecule is CCCN(c1cc(N)ccc1C(=O)NCC)C1CC1. The van der Waals surface area contributed by atoms with E-state index in [1.54, 1.807) is 6.07 Å². The molecule has 2 rings (SSSR count). The Labute approximate surface area is 115 Å². The van der Waals surface area contributed by atoms with Crippen molar-refractivity contribution in [2.75, 3.05) is 23.7 Å². The molecule has 0 spiro atoms. The Kier molecular flexibility index (Phi) is 4.30. The van der Waals surface area contributed by atoms with Gasteiger partial charge in [-0.05, 0) is 44.4 Å². The largest absolute Gasteiger partial charge is 0.399 e. The topological polar surface area (TPSA) is 58.4 Å². The Bertz CT molecular complexity index is 455. The Hall–Kier alpha value is -1.71. The quantitative estimate of drug-likeness (QED) is 0.773. The lowest BCUT2D eigenvalue weighted by Crippen LogP contribution is -2.31. The molecule has 0 aliphatic heterocycles. The van der Waals surface area contributed by atoms with Gasteiger partial charge in [0.15, 0.2) is 0 Å². The zero-order valence-electron chi connectivity index (χ0n) is 11.8. The number of nitrogens with zero attached hydrogens (tertiary/aromatic N) is 1. The first-order valence-electron chi connectivity index (χ1n) is 7.11. The molecule has 0 saturated heterocycles. The van der Waals surface area contributed by atoms with Gasteiger partial charge in [0.05, 0.1) is 11.3 Å². The highest BCUT2D eigenvalue weighted by Gasteiger charge is 2.30. The van der Waals surface area contributed by atoms with Gasteiger partial charge in [0.2, 0.25) is 0 Å². The highest BCUT2D eigenvalue weighted by Crippen LogP contribution is 2.34. The molecular formula is C15H23N3O. The van der Waals surface area contributed by atoms with E-state index >= 15 is 0 Å². The van der Waals surface area contributed by atoms with Gasteiger partial charge in [0.25, 0.3) is 5.91 Å². The second-order valence-corrected chi connectivity index (χ2v) is 5.06. The zero-order chi connectivity index (χ0) is 13.8. The van der Waals surface area contributed by atoms with Crippen molar-refractivity contribution in [3.63, 3.8) is 0 Å². The number of benzene rings is 1. The number of carbonyl (C=O) groups excluding carboxylic acids is 1. The third-order valence-corrected chi connectivity index (χ3v) is 3.37. The number of nitrogens with two attached hydrogens (primary N) is 1. The van der Waals surface area contributed by atoms with Crippen LogP contribution in [-0.4, -0.2) is 25.0 Å². The average Bonchev–Trinajstić information content (AvgIpc) is 3.20. The fourth-order valence-corrected chi connectivity index (χ4v) is 2.36. The number of hydrogen-bond acceptors (Lipinski definition) is 3. The summed E-state index contributed by atoms with van der Waals surface area (Å²) >= 11 is 0. The molecule has 0 radical (unpaired) electrons. The summed E-state index contributed by atoms with van der Waals surface area (Å²) in [5.74, 6) is -0.0146. The highest BCUT2D eigenvalue weighted by atomic mass is 16.1. The van der Waals surface area contributed by atoms with Gasteiger partial charge < -0.3 is 16.0 Å². The summed E-state index contributed by atoms with van der Waals surface area (Å²) in [5, 5.41) is 2.87. The monoisotopic (exact) mass is 261 g/mol. The summed E-state index contributed by atoms with van der Waals surface area (Å²) in [6.07, 6.45) is 3.49. The minimum absolute atomic E-state index is 0.0146. The first kappa shape index (κ1) is 13.7. The minimum Gasteiger partial charge on any atom is -0.399 e. The first-order chi connectivity index (χ1) is 9.17. The molecule has 0 aromatic heterocycles. The maximum Gasteiger partial charge on any atom is 0.253 e. The Morgan fingerprint density at radius 3 is 2.74 bits per heavy atom. The number of amides is 1. The minimum atomic E-state index is -0.0146. The molecule has 1 fully saturated rings. The molecular weight excluding hydrogens is 238 g/mol. The molecule has 1 aromatic carbocycles. The summed E-state index contributed by atoms with van der Waals surface area (Å²) < 4.78 is 0. The van der Waals surface area contributed by atoms with E-state index in [0.29, 0.717) is 18.3 Å². The molecule has 0 heterocycles. The van der Waals surface area contributed by atoms with Crippen molar-refractivity contribution in [2.24, 2.45) is 0 Å². The van der Waals surface area contributed by atoms with Crippen LogP contribution in [0.5, 0.6) is 0 Å². The summed E-state index contributed by atoms with van der Waals surface area (Å²) in [4.78, 5) is 14.5. The predicted molar refractivity (Wildman–Crippen MR) is 79.5 cm³/mol. The number of nitrogens with one attached hydrogen (secondary N) is 1. The number of carbonyl (C=O) groups is 1. The van der Waals surface area contributed by atoms with Gasteiger partial charge >= 0.3 is 0 Å². The van der Waals surface area contributed by atoms with Crippen molar-refractivity contribution < 1.29 is 4.79 Å². The lowest BCUT2D eigenvalue weighted by molar-refractivity contribution is 0.0956. The van der Waals surface area contributed by atoms with E-state index in [-0.39, 0.29) is 5.91 Å².